The highest BCUT2D eigenvalue weighted by Crippen LogP contribution is 2.28. The van der Waals surface area contributed by atoms with Gasteiger partial charge in [0.25, 0.3) is 11.8 Å². The van der Waals surface area contributed by atoms with Crippen LogP contribution in [0.15, 0.2) is 24.3 Å². The second-order valence-electron chi connectivity index (χ2n) is 5.11. The highest BCUT2D eigenvalue weighted by molar-refractivity contribution is 6.21. The number of amides is 2. The molecule has 1 saturated heterocycles. The van der Waals surface area contributed by atoms with E-state index < -0.39 is 12.0 Å². The molecule has 2 unspecified atom stereocenters. The van der Waals surface area contributed by atoms with Crippen molar-refractivity contribution in [3.63, 3.8) is 0 Å². The molecule has 110 valence electrons. The Bertz CT molecular complexity index is 578. The summed E-state index contributed by atoms with van der Waals surface area (Å²) in [7, 11) is 0. The van der Waals surface area contributed by atoms with E-state index in [1.807, 2.05) is 0 Å². The molecule has 2 atom stereocenters. The molecular formula is C15H16N2O4. The van der Waals surface area contributed by atoms with Gasteiger partial charge >= 0.3 is 5.97 Å². The Kier molecular flexibility index (Phi) is 3.47. The zero-order valence-corrected chi connectivity index (χ0v) is 11.7. The predicted octanol–water partition coefficient (Wildman–Crippen LogP) is 0.434. The molecule has 0 aromatic heterocycles. The average molecular weight is 288 g/mol. The summed E-state index contributed by atoms with van der Waals surface area (Å²) < 4.78 is 5.04. The Morgan fingerprint density at radius 3 is 2.43 bits per heavy atom. The number of hydrogen-bond donors (Lipinski definition) is 1. The number of hydrogen-bond acceptors (Lipinski definition) is 5. The van der Waals surface area contributed by atoms with Gasteiger partial charge in [-0.05, 0) is 19.1 Å². The first-order valence-corrected chi connectivity index (χ1v) is 6.99. The van der Waals surface area contributed by atoms with Crippen molar-refractivity contribution in [2.45, 2.75) is 13.0 Å². The summed E-state index contributed by atoms with van der Waals surface area (Å²) in [6, 6.07) is 6.23. The highest BCUT2D eigenvalue weighted by Gasteiger charge is 2.47. The molecule has 2 aliphatic heterocycles. The smallest absolute Gasteiger partial charge is 0.312 e. The fourth-order valence-corrected chi connectivity index (χ4v) is 2.94. The van der Waals surface area contributed by atoms with Crippen LogP contribution in [-0.4, -0.2) is 48.4 Å². The SMILES string of the molecule is CCOC(=O)C1CNCC1N1C(=O)c2ccccc2C1=O. The number of nitrogens with zero attached hydrogens (tertiary/aromatic N) is 1. The van der Waals surface area contributed by atoms with E-state index in [1.165, 1.54) is 4.90 Å². The lowest BCUT2D eigenvalue weighted by atomic mass is 10.0. The van der Waals surface area contributed by atoms with Gasteiger partial charge in [-0.2, -0.15) is 0 Å². The van der Waals surface area contributed by atoms with E-state index in [0.29, 0.717) is 24.2 Å². The molecule has 2 aliphatic rings. The fourth-order valence-electron chi connectivity index (χ4n) is 2.94. The minimum atomic E-state index is -0.507. The van der Waals surface area contributed by atoms with Gasteiger partial charge < -0.3 is 10.1 Å². The molecule has 21 heavy (non-hydrogen) atoms. The third-order valence-electron chi connectivity index (χ3n) is 3.93. The van der Waals surface area contributed by atoms with E-state index in [1.54, 1.807) is 31.2 Å². The molecular weight excluding hydrogens is 272 g/mol. The molecule has 0 aliphatic carbocycles. The Morgan fingerprint density at radius 2 is 1.86 bits per heavy atom. The Hall–Kier alpha value is -2.21. The average Bonchev–Trinajstić information content (AvgIpc) is 3.04. The molecule has 0 saturated carbocycles. The zero-order valence-electron chi connectivity index (χ0n) is 11.7. The standard InChI is InChI=1S/C15H16N2O4/c1-2-21-15(20)11-7-16-8-12(11)17-13(18)9-5-3-4-6-10(9)14(17)19/h3-6,11-12,16H,2,7-8H2,1H3. The third-order valence-corrected chi connectivity index (χ3v) is 3.93. The van der Waals surface area contributed by atoms with Crippen LogP contribution in [0.25, 0.3) is 0 Å². The van der Waals surface area contributed by atoms with Crippen LogP contribution in [0, 0.1) is 5.92 Å². The van der Waals surface area contributed by atoms with E-state index in [0.717, 1.165) is 0 Å². The van der Waals surface area contributed by atoms with Gasteiger partial charge in [0.1, 0.15) is 0 Å². The van der Waals surface area contributed by atoms with Gasteiger partial charge in [0.05, 0.1) is 29.7 Å². The second-order valence-corrected chi connectivity index (χ2v) is 5.11. The van der Waals surface area contributed by atoms with E-state index in [-0.39, 0.29) is 24.4 Å². The van der Waals surface area contributed by atoms with Crippen LogP contribution in [-0.2, 0) is 9.53 Å². The number of esters is 1. The molecule has 1 N–H and O–H groups in total. The van der Waals surface area contributed by atoms with Crippen molar-refractivity contribution < 1.29 is 19.1 Å². The molecule has 0 bridgehead atoms. The van der Waals surface area contributed by atoms with Crippen molar-refractivity contribution in [2.24, 2.45) is 5.92 Å². The Balaban J connectivity index is 1.89. The number of carbonyl (C=O) groups is 3. The fraction of sp³-hybridized carbons (Fsp3) is 0.400. The number of ether oxygens (including phenoxy) is 1. The summed E-state index contributed by atoms with van der Waals surface area (Å²) in [6.45, 7) is 2.84. The van der Waals surface area contributed by atoms with Crippen molar-refractivity contribution >= 4 is 17.8 Å². The molecule has 1 aromatic rings. The number of nitrogens with one attached hydrogen (secondary N) is 1. The van der Waals surface area contributed by atoms with Crippen LogP contribution in [0.3, 0.4) is 0 Å². The van der Waals surface area contributed by atoms with Gasteiger partial charge in [0, 0.05) is 13.1 Å². The summed E-state index contributed by atoms with van der Waals surface area (Å²) >= 11 is 0. The maximum Gasteiger partial charge on any atom is 0.312 e. The van der Waals surface area contributed by atoms with Crippen molar-refractivity contribution in [1.82, 2.24) is 10.2 Å². The van der Waals surface area contributed by atoms with Crippen molar-refractivity contribution in [3.8, 4) is 0 Å². The van der Waals surface area contributed by atoms with Crippen LogP contribution in [0.5, 0.6) is 0 Å². The van der Waals surface area contributed by atoms with Crippen molar-refractivity contribution in [3.05, 3.63) is 35.4 Å². The van der Waals surface area contributed by atoms with Gasteiger partial charge in [-0.1, -0.05) is 12.1 Å². The van der Waals surface area contributed by atoms with Gasteiger partial charge in [-0.15, -0.1) is 0 Å². The number of rotatable bonds is 3. The summed E-state index contributed by atoms with van der Waals surface area (Å²) in [5.74, 6) is -1.55. The first-order chi connectivity index (χ1) is 10.1. The van der Waals surface area contributed by atoms with Gasteiger partial charge in [0.2, 0.25) is 0 Å². The number of imide groups is 1. The Morgan fingerprint density at radius 1 is 1.24 bits per heavy atom. The van der Waals surface area contributed by atoms with Gasteiger partial charge in [-0.3, -0.25) is 19.3 Å². The molecule has 2 amide bonds. The first kappa shape index (κ1) is 13.8. The highest BCUT2D eigenvalue weighted by atomic mass is 16.5. The third kappa shape index (κ3) is 2.12. The summed E-state index contributed by atoms with van der Waals surface area (Å²) in [5, 5.41) is 3.06. The van der Waals surface area contributed by atoms with Crippen molar-refractivity contribution in [2.75, 3.05) is 19.7 Å². The van der Waals surface area contributed by atoms with Crippen LogP contribution in [0.1, 0.15) is 27.6 Å². The van der Waals surface area contributed by atoms with E-state index >= 15 is 0 Å². The molecule has 2 heterocycles. The summed E-state index contributed by atoms with van der Waals surface area (Å²) in [5.41, 5.74) is 0.800. The molecule has 0 radical (unpaired) electrons. The monoisotopic (exact) mass is 288 g/mol. The quantitative estimate of drug-likeness (QED) is 0.645. The van der Waals surface area contributed by atoms with Crippen LogP contribution in [0.4, 0.5) is 0 Å². The predicted molar refractivity (Wildman–Crippen MR) is 73.7 cm³/mol. The van der Waals surface area contributed by atoms with Crippen LogP contribution < -0.4 is 5.32 Å². The zero-order chi connectivity index (χ0) is 15.0. The maximum absolute atomic E-state index is 12.4. The van der Waals surface area contributed by atoms with E-state index in [9.17, 15) is 14.4 Å². The second kappa shape index (κ2) is 5.29. The topological polar surface area (TPSA) is 75.7 Å². The van der Waals surface area contributed by atoms with E-state index in [2.05, 4.69) is 5.32 Å². The van der Waals surface area contributed by atoms with Gasteiger partial charge in [-0.25, -0.2) is 0 Å². The van der Waals surface area contributed by atoms with E-state index in [4.69, 9.17) is 4.74 Å². The molecule has 3 rings (SSSR count). The maximum atomic E-state index is 12.4. The Labute approximate surface area is 122 Å². The number of benzene rings is 1. The first-order valence-electron chi connectivity index (χ1n) is 6.99. The van der Waals surface area contributed by atoms with Gasteiger partial charge in [0.15, 0.2) is 0 Å². The summed E-state index contributed by atoms with van der Waals surface area (Å²) in [6.07, 6.45) is 0. The minimum absolute atomic E-state index is 0.282. The molecule has 6 heteroatoms. The lowest BCUT2D eigenvalue weighted by molar-refractivity contribution is -0.148. The molecule has 1 aromatic carbocycles. The number of carbonyl (C=O) groups excluding carboxylic acids is 3. The van der Waals surface area contributed by atoms with Crippen LogP contribution in [0.2, 0.25) is 0 Å². The molecule has 0 spiro atoms. The van der Waals surface area contributed by atoms with Crippen molar-refractivity contribution in [1.29, 1.82) is 0 Å². The molecule has 6 nitrogen and oxygen atoms in total. The largest absolute Gasteiger partial charge is 0.466 e. The number of fused-ring (bicyclic) bond motifs is 1. The summed E-state index contributed by atoms with van der Waals surface area (Å²) in [4.78, 5) is 38.1. The lowest BCUT2D eigenvalue weighted by Gasteiger charge is -2.25. The minimum Gasteiger partial charge on any atom is -0.466 e. The molecule has 1 fully saturated rings. The van der Waals surface area contributed by atoms with Crippen LogP contribution >= 0.6 is 0 Å². The lowest BCUT2D eigenvalue weighted by Crippen LogP contribution is -2.46. The normalized spacial score (nSPS) is 24.3.